The van der Waals surface area contributed by atoms with Gasteiger partial charge in [-0.2, -0.15) is 4.31 Å². The summed E-state index contributed by atoms with van der Waals surface area (Å²) in [6, 6.07) is 14.1. The van der Waals surface area contributed by atoms with Crippen molar-refractivity contribution < 1.29 is 23.1 Å². The zero-order chi connectivity index (χ0) is 26.2. The van der Waals surface area contributed by atoms with Crippen LogP contribution < -0.4 is 5.32 Å². The van der Waals surface area contributed by atoms with Crippen LogP contribution in [0.1, 0.15) is 65.8 Å². The fourth-order valence-electron chi connectivity index (χ4n) is 5.47. The lowest BCUT2D eigenvalue weighted by atomic mass is 9.90. The number of hydrogen-bond acceptors (Lipinski definition) is 5. The first kappa shape index (κ1) is 25.4. The second-order valence-corrected chi connectivity index (χ2v) is 11.9. The number of rotatable bonds is 6. The third kappa shape index (κ3) is 4.98. The Hall–Kier alpha value is -3.30. The summed E-state index contributed by atoms with van der Waals surface area (Å²) in [5.74, 6) is -1.39. The van der Waals surface area contributed by atoms with Gasteiger partial charge in [-0.1, -0.05) is 30.3 Å². The highest BCUT2D eigenvalue weighted by atomic mass is 32.2. The molecule has 9 heteroatoms. The molecule has 0 spiro atoms. The van der Waals surface area contributed by atoms with Gasteiger partial charge in [-0.05, 0) is 74.8 Å². The van der Waals surface area contributed by atoms with Gasteiger partial charge >= 0.3 is 5.97 Å². The monoisotopic (exact) mass is 521 g/mol. The zero-order valence-corrected chi connectivity index (χ0v) is 21.6. The van der Waals surface area contributed by atoms with E-state index >= 15 is 0 Å². The Morgan fingerprint density at radius 2 is 1.76 bits per heavy atom. The Labute approximate surface area is 216 Å². The molecule has 2 heterocycles. The van der Waals surface area contributed by atoms with Crippen molar-refractivity contribution in [2.75, 3.05) is 13.1 Å². The Bertz CT molecular complexity index is 1450. The van der Waals surface area contributed by atoms with Gasteiger partial charge in [0.1, 0.15) is 0 Å². The summed E-state index contributed by atoms with van der Waals surface area (Å²) in [6.07, 6.45) is 4.08. The fraction of sp³-hybridized carbons (Fsp3) is 0.393. The number of aryl methyl sites for hydroxylation is 1. The minimum atomic E-state index is -3.85. The van der Waals surface area contributed by atoms with E-state index in [-0.39, 0.29) is 41.4 Å². The molecule has 1 aliphatic heterocycles. The molecule has 0 saturated carbocycles. The van der Waals surface area contributed by atoms with Crippen molar-refractivity contribution in [2.45, 2.75) is 56.4 Å². The van der Waals surface area contributed by atoms with Gasteiger partial charge in [-0.25, -0.2) is 13.2 Å². The van der Waals surface area contributed by atoms with Crippen LogP contribution in [0.5, 0.6) is 0 Å². The van der Waals surface area contributed by atoms with Gasteiger partial charge in [-0.15, -0.1) is 0 Å². The molecule has 1 atom stereocenters. The Balaban J connectivity index is 1.33. The van der Waals surface area contributed by atoms with Crippen molar-refractivity contribution in [3.05, 3.63) is 70.9 Å². The van der Waals surface area contributed by atoms with E-state index in [1.165, 1.54) is 16.4 Å². The molecule has 2 aliphatic rings. The molecule has 0 bridgehead atoms. The molecule has 2 aromatic carbocycles. The zero-order valence-electron chi connectivity index (χ0n) is 20.8. The number of pyridine rings is 1. The molecule has 37 heavy (non-hydrogen) atoms. The van der Waals surface area contributed by atoms with Crippen molar-refractivity contribution in [2.24, 2.45) is 5.92 Å². The highest BCUT2D eigenvalue weighted by Gasteiger charge is 2.33. The number of carboxylic acid groups (broad SMARTS) is 1. The molecule has 1 aromatic heterocycles. The first-order valence-corrected chi connectivity index (χ1v) is 14.2. The number of amides is 1. The molecule has 3 aromatic rings. The molecular weight excluding hydrogens is 490 g/mol. The first-order chi connectivity index (χ1) is 17.8. The summed E-state index contributed by atoms with van der Waals surface area (Å²) in [5.41, 5.74) is 3.20. The predicted octanol–water partition coefficient (Wildman–Crippen LogP) is 4.09. The van der Waals surface area contributed by atoms with Crippen LogP contribution in [0.15, 0.2) is 53.4 Å². The number of fused-ring (bicyclic) bond motifs is 2. The van der Waals surface area contributed by atoms with E-state index in [4.69, 9.17) is 0 Å². The molecule has 1 amide bonds. The van der Waals surface area contributed by atoms with Crippen molar-refractivity contribution in [3.63, 3.8) is 0 Å². The van der Waals surface area contributed by atoms with Crippen LogP contribution in [0.25, 0.3) is 10.9 Å². The van der Waals surface area contributed by atoms with Crippen molar-refractivity contribution in [1.29, 1.82) is 0 Å². The molecule has 0 radical (unpaired) electrons. The fourth-order valence-corrected chi connectivity index (χ4v) is 6.97. The number of nitrogens with zero attached hydrogens (tertiary/aromatic N) is 2. The average Bonchev–Trinajstić information content (AvgIpc) is 2.91. The number of nitrogens with one attached hydrogen (secondary N) is 1. The van der Waals surface area contributed by atoms with Gasteiger partial charge < -0.3 is 10.4 Å². The third-order valence-electron chi connectivity index (χ3n) is 7.57. The van der Waals surface area contributed by atoms with Crippen molar-refractivity contribution in [3.8, 4) is 0 Å². The van der Waals surface area contributed by atoms with Crippen molar-refractivity contribution in [1.82, 2.24) is 14.6 Å². The topological polar surface area (TPSA) is 117 Å². The van der Waals surface area contributed by atoms with Crippen molar-refractivity contribution >= 4 is 32.8 Å². The van der Waals surface area contributed by atoms with Crippen LogP contribution in [0, 0.1) is 5.92 Å². The second-order valence-electron chi connectivity index (χ2n) is 9.92. The van der Waals surface area contributed by atoms with E-state index < -0.39 is 16.0 Å². The van der Waals surface area contributed by atoms with Gasteiger partial charge in [-0.3, -0.25) is 9.78 Å². The summed E-state index contributed by atoms with van der Waals surface area (Å²) >= 11 is 0. The molecule has 194 valence electrons. The minimum Gasteiger partial charge on any atom is -0.478 e. The maximum atomic E-state index is 13.5. The maximum absolute atomic E-state index is 13.5. The molecule has 5 rings (SSSR count). The van der Waals surface area contributed by atoms with E-state index in [0.717, 1.165) is 36.1 Å². The number of aromatic carboxylic acids is 1. The van der Waals surface area contributed by atoms with Crippen LogP contribution in [0.2, 0.25) is 0 Å². The van der Waals surface area contributed by atoms with Gasteiger partial charge in [0.15, 0.2) is 0 Å². The lowest BCUT2D eigenvalue weighted by Gasteiger charge is -2.31. The maximum Gasteiger partial charge on any atom is 0.336 e. The highest BCUT2D eigenvalue weighted by Crippen LogP contribution is 2.32. The molecule has 0 unspecified atom stereocenters. The third-order valence-corrected chi connectivity index (χ3v) is 9.46. The second kappa shape index (κ2) is 10.2. The normalized spacial score (nSPS) is 17.8. The largest absolute Gasteiger partial charge is 0.478 e. The Morgan fingerprint density at radius 1 is 1.05 bits per heavy atom. The van der Waals surface area contributed by atoms with E-state index in [9.17, 15) is 23.1 Å². The van der Waals surface area contributed by atoms with Crippen LogP contribution in [0.4, 0.5) is 0 Å². The number of benzene rings is 2. The summed E-state index contributed by atoms with van der Waals surface area (Å²) in [4.78, 5) is 29.7. The number of carboxylic acids is 1. The van der Waals surface area contributed by atoms with Crippen LogP contribution in [-0.2, 0) is 27.7 Å². The summed E-state index contributed by atoms with van der Waals surface area (Å²) < 4.78 is 28.4. The molecular formula is C28H31N3O5S. The number of carbonyl (C=O) groups excluding carboxylic acids is 1. The molecule has 1 saturated heterocycles. The Morgan fingerprint density at radius 3 is 2.46 bits per heavy atom. The predicted molar refractivity (Wildman–Crippen MR) is 140 cm³/mol. The lowest BCUT2D eigenvalue weighted by Crippen LogP contribution is -2.43. The number of carbonyl (C=O) groups is 2. The number of aromatic nitrogens is 1. The summed E-state index contributed by atoms with van der Waals surface area (Å²) in [5, 5.41) is 13.4. The standard InChI is InChI=1S/C28H31N3O5S/c1-18(19-7-3-2-4-8-19)29-27(32)20-13-15-31(16-14-20)37(35,36)21-11-12-25-23(17-21)26(28(33)34)22-9-5-6-10-24(22)30-25/h2-4,7-8,11-12,17-18,20H,5-6,9-10,13-16H2,1H3,(H,29,32)(H,33,34)/t18-/m0/s1. The van der Waals surface area contributed by atoms with E-state index in [1.54, 1.807) is 6.07 Å². The van der Waals surface area contributed by atoms with Gasteiger partial charge in [0, 0.05) is 30.1 Å². The van der Waals surface area contributed by atoms with Crippen LogP contribution in [-0.4, -0.2) is 47.8 Å². The van der Waals surface area contributed by atoms with Gasteiger partial charge in [0.25, 0.3) is 0 Å². The quantitative estimate of drug-likeness (QED) is 0.505. The number of sulfonamides is 1. The van der Waals surface area contributed by atoms with Crippen LogP contribution in [0.3, 0.4) is 0 Å². The summed E-state index contributed by atoms with van der Waals surface area (Å²) in [6.45, 7) is 2.39. The van der Waals surface area contributed by atoms with Crippen LogP contribution >= 0.6 is 0 Å². The van der Waals surface area contributed by atoms with E-state index in [2.05, 4.69) is 10.3 Å². The smallest absolute Gasteiger partial charge is 0.336 e. The number of piperidine rings is 1. The Kier molecular flexibility index (Phi) is 7.00. The van der Waals surface area contributed by atoms with Gasteiger partial charge in [0.05, 0.1) is 22.0 Å². The SMILES string of the molecule is C[C@H](NC(=O)C1CCN(S(=O)(=O)c2ccc3nc4c(c(C(=O)O)c3c2)CCCC4)CC1)c1ccccc1. The lowest BCUT2D eigenvalue weighted by molar-refractivity contribution is -0.126. The number of hydrogen-bond donors (Lipinski definition) is 2. The minimum absolute atomic E-state index is 0.0562. The molecule has 8 nitrogen and oxygen atoms in total. The average molecular weight is 522 g/mol. The highest BCUT2D eigenvalue weighted by molar-refractivity contribution is 7.89. The molecule has 2 N–H and O–H groups in total. The first-order valence-electron chi connectivity index (χ1n) is 12.8. The molecule has 1 aliphatic carbocycles. The van der Waals surface area contributed by atoms with E-state index in [1.807, 2.05) is 37.3 Å². The summed E-state index contributed by atoms with van der Waals surface area (Å²) in [7, 11) is -3.85. The van der Waals surface area contributed by atoms with E-state index in [0.29, 0.717) is 30.2 Å². The molecule has 1 fully saturated rings. The van der Waals surface area contributed by atoms with Gasteiger partial charge in [0.2, 0.25) is 15.9 Å².